The van der Waals surface area contributed by atoms with Gasteiger partial charge in [-0.05, 0) is 55.5 Å². The van der Waals surface area contributed by atoms with Gasteiger partial charge in [0.15, 0.2) is 0 Å². The first kappa shape index (κ1) is 23.9. The zero-order valence-electron chi connectivity index (χ0n) is 16.8. The van der Waals surface area contributed by atoms with E-state index in [4.69, 9.17) is 17.3 Å². The van der Waals surface area contributed by atoms with Crippen LogP contribution in [0.4, 0.5) is 18.2 Å². The van der Waals surface area contributed by atoms with Gasteiger partial charge in [0.25, 0.3) is 11.8 Å². The predicted octanol–water partition coefficient (Wildman–Crippen LogP) is 3.65. The number of esters is 1. The summed E-state index contributed by atoms with van der Waals surface area (Å²) in [6.45, 7) is 0. The number of carbonyl (C=O) groups excluding carboxylic acids is 3. The van der Waals surface area contributed by atoms with Crippen LogP contribution in [0, 0.1) is 0 Å². The highest BCUT2D eigenvalue weighted by molar-refractivity contribution is 7.16. The molecule has 1 aromatic heterocycles. The number of rotatable bonds is 6. The van der Waals surface area contributed by atoms with Crippen LogP contribution < -0.4 is 16.4 Å². The van der Waals surface area contributed by atoms with Gasteiger partial charge in [0.05, 0.1) is 12.7 Å². The van der Waals surface area contributed by atoms with Gasteiger partial charge in [-0.3, -0.25) is 9.59 Å². The van der Waals surface area contributed by atoms with Crippen molar-refractivity contribution >= 4 is 45.7 Å². The maximum atomic E-state index is 14.3. The minimum absolute atomic E-state index is 0.122. The van der Waals surface area contributed by atoms with Gasteiger partial charge in [-0.25, -0.2) is 4.79 Å². The molecule has 12 heteroatoms. The van der Waals surface area contributed by atoms with Crippen LogP contribution in [0.1, 0.15) is 44.0 Å². The van der Waals surface area contributed by atoms with Crippen molar-refractivity contribution in [3.05, 3.63) is 50.9 Å². The summed E-state index contributed by atoms with van der Waals surface area (Å²) >= 11 is 6.66. The molecule has 1 unspecified atom stereocenters. The number of carbonyl (C=O) groups is 3. The zero-order valence-corrected chi connectivity index (χ0v) is 18.3. The second-order valence-corrected chi connectivity index (χ2v) is 8.65. The normalized spacial score (nSPS) is 15.3. The predicted molar refractivity (Wildman–Crippen MR) is 113 cm³/mol. The molecule has 4 N–H and O–H groups in total. The molecule has 1 aliphatic carbocycles. The molecule has 0 spiro atoms. The molecule has 7 nitrogen and oxygen atoms in total. The van der Waals surface area contributed by atoms with Crippen molar-refractivity contribution in [2.75, 3.05) is 12.4 Å². The highest BCUT2D eigenvalue weighted by Crippen LogP contribution is 2.42. The summed E-state index contributed by atoms with van der Waals surface area (Å²) < 4.78 is 47.4. The molecular formula is C20H19ClF3N3O4S. The number of fused-ring (bicyclic) bond motifs is 1. The number of hydrogen-bond donors (Lipinski definition) is 3. The molecule has 0 fully saturated rings. The molecule has 2 amide bonds. The fourth-order valence-corrected chi connectivity index (χ4v) is 4.95. The van der Waals surface area contributed by atoms with Crippen molar-refractivity contribution in [1.82, 2.24) is 5.32 Å². The molecule has 32 heavy (non-hydrogen) atoms. The zero-order chi connectivity index (χ0) is 23.7. The number of halogens is 4. The fraction of sp³-hybridized carbons (Fsp3) is 0.350. The number of alkyl halides is 3. The summed E-state index contributed by atoms with van der Waals surface area (Å²) in [5, 5.41) is 3.78. The average molecular weight is 490 g/mol. The lowest BCUT2D eigenvalue weighted by molar-refractivity contribution is -0.203. The molecule has 1 atom stereocenters. The van der Waals surface area contributed by atoms with E-state index < -0.39 is 29.6 Å². The van der Waals surface area contributed by atoms with E-state index in [1.807, 2.05) is 0 Å². The van der Waals surface area contributed by atoms with Crippen LogP contribution in [0.3, 0.4) is 0 Å². The maximum Gasteiger partial charge on any atom is 0.441 e. The van der Waals surface area contributed by atoms with Crippen molar-refractivity contribution in [3.8, 4) is 0 Å². The van der Waals surface area contributed by atoms with Crippen molar-refractivity contribution in [2.45, 2.75) is 37.5 Å². The van der Waals surface area contributed by atoms with Gasteiger partial charge in [0.2, 0.25) is 0 Å². The third kappa shape index (κ3) is 4.40. The number of aryl methyl sites for hydroxylation is 1. The highest BCUT2D eigenvalue weighted by atomic mass is 35.5. The Balaban J connectivity index is 2.10. The first-order chi connectivity index (χ1) is 15.0. The quantitative estimate of drug-likeness (QED) is 0.424. The first-order valence-electron chi connectivity index (χ1n) is 9.46. The van der Waals surface area contributed by atoms with Crippen molar-refractivity contribution in [1.29, 1.82) is 0 Å². The van der Waals surface area contributed by atoms with Gasteiger partial charge >= 0.3 is 17.8 Å². The summed E-state index contributed by atoms with van der Waals surface area (Å²) in [6, 6.07) is 5.04. The molecule has 1 aliphatic rings. The van der Waals surface area contributed by atoms with E-state index in [9.17, 15) is 27.6 Å². The molecule has 0 radical (unpaired) electrons. The maximum absolute atomic E-state index is 14.3. The van der Waals surface area contributed by atoms with Crippen LogP contribution in [0.2, 0.25) is 5.02 Å². The molecule has 3 rings (SSSR count). The molecule has 2 aromatic rings. The molecule has 0 saturated heterocycles. The number of primary amides is 1. The molecule has 0 saturated carbocycles. The number of nitrogens with two attached hydrogens (primary N) is 1. The number of ether oxygens (including phenoxy) is 1. The topological polar surface area (TPSA) is 111 Å². The number of hydrogen-bond acceptors (Lipinski definition) is 6. The summed E-state index contributed by atoms with van der Waals surface area (Å²) in [5.41, 5.74) is 2.05. The van der Waals surface area contributed by atoms with E-state index in [1.165, 1.54) is 24.3 Å². The second-order valence-electron chi connectivity index (χ2n) is 7.10. The SMILES string of the molecule is COC(=O)C(NC(=O)c1ccc(Cl)cc1)(Nc1sc2c(c1C(N)=O)CCCC2)C(F)(F)F. The molecule has 1 aromatic carbocycles. The summed E-state index contributed by atoms with van der Waals surface area (Å²) in [5.74, 6) is -3.95. The van der Waals surface area contributed by atoms with Gasteiger partial charge in [-0.15, -0.1) is 11.3 Å². The molecule has 1 heterocycles. The number of methoxy groups -OCH3 is 1. The van der Waals surface area contributed by atoms with Crippen LogP contribution in [-0.4, -0.2) is 36.7 Å². The number of amides is 2. The monoisotopic (exact) mass is 489 g/mol. The minimum Gasteiger partial charge on any atom is -0.466 e. The second kappa shape index (κ2) is 8.99. The minimum atomic E-state index is -5.35. The smallest absolute Gasteiger partial charge is 0.441 e. The van der Waals surface area contributed by atoms with Gasteiger partial charge < -0.3 is 21.1 Å². The van der Waals surface area contributed by atoms with E-state index in [0.29, 0.717) is 23.3 Å². The standard InChI is InChI=1S/C20H19ClF3N3O4S/c1-31-18(30)19(20(22,23)24,26-16(29)10-6-8-11(21)9-7-10)27-17-14(15(25)28)12-4-2-3-5-13(12)32-17/h6-9,27H,2-5H2,1H3,(H2,25,28)(H,26,29). The Morgan fingerprint density at radius 1 is 1.12 bits per heavy atom. The Morgan fingerprint density at radius 3 is 2.31 bits per heavy atom. The fourth-order valence-electron chi connectivity index (χ4n) is 3.47. The van der Waals surface area contributed by atoms with E-state index in [0.717, 1.165) is 31.3 Å². The summed E-state index contributed by atoms with van der Waals surface area (Å²) in [4.78, 5) is 37.9. The summed E-state index contributed by atoms with van der Waals surface area (Å²) in [7, 11) is 0.757. The molecule has 0 aliphatic heterocycles. The highest BCUT2D eigenvalue weighted by Gasteiger charge is 2.64. The summed E-state index contributed by atoms with van der Waals surface area (Å²) in [6.07, 6.45) is -2.75. The van der Waals surface area contributed by atoms with E-state index >= 15 is 0 Å². The van der Waals surface area contributed by atoms with Crippen molar-refractivity contribution < 1.29 is 32.3 Å². The van der Waals surface area contributed by atoms with Crippen LogP contribution in [0.25, 0.3) is 0 Å². The third-order valence-corrected chi connectivity index (χ3v) is 6.50. The lowest BCUT2D eigenvalue weighted by Crippen LogP contribution is -2.69. The van der Waals surface area contributed by atoms with Crippen LogP contribution in [-0.2, 0) is 22.4 Å². The van der Waals surface area contributed by atoms with E-state index in [-0.39, 0.29) is 21.2 Å². The number of thiophene rings is 1. The van der Waals surface area contributed by atoms with Crippen LogP contribution in [0.15, 0.2) is 24.3 Å². The first-order valence-corrected chi connectivity index (χ1v) is 10.7. The van der Waals surface area contributed by atoms with E-state index in [1.54, 1.807) is 5.32 Å². The van der Waals surface area contributed by atoms with Gasteiger partial charge in [-0.1, -0.05) is 11.6 Å². The van der Waals surface area contributed by atoms with Gasteiger partial charge in [-0.2, -0.15) is 13.2 Å². The number of nitrogens with one attached hydrogen (secondary N) is 2. The lowest BCUT2D eigenvalue weighted by Gasteiger charge is -2.34. The van der Waals surface area contributed by atoms with Gasteiger partial charge in [0.1, 0.15) is 5.00 Å². The Kier molecular flexibility index (Phi) is 6.70. The Bertz CT molecular complexity index is 1060. The molecular weight excluding hydrogens is 471 g/mol. The molecule has 0 bridgehead atoms. The largest absolute Gasteiger partial charge is 0.466 e. The number of anilines is 1. The third-order valence-electron chi connectivity index (χ3n) is 5.04. The Hall–Kier alpha value is -2.79. The van der Waals surface area contributed by atoms with E-state index in [2.05, 4.69) is 10.1 Å². The Morgan fingerprint density at radius 2 is 1.75 bits per heavy atom. The average Bonchev–Trinajstić information content (AvgIpc) is 3.10. The van der Waals surface area contributed by atoms with Crippen molar-refractivity contribution in [2.24, 2.45) is 5.73 Å². The van der Waals surface area contributed by atoms with Crippen molar-refractivity contribution in [3.63, 3.8) is 0 Å². The van der Waals surface area contributed by atoms with Crippen LogP contribution >= 0.6 is 22.9 Å². The number of benzene rings is 1. The Labute approximate surface area is 190 Å². The molecule has 172 valence electrons. The lowest BCUT2D eigenvalue weighted by atomic mass is 9.95. The van der Waals surface area contributed by atoms with Crippen LogP contribution in [0.5, 0.6) is 0 Å². The van der Waals surface area contributed by atoms with Gasteiger partial charge in [0, 0.05) is 15.5 Å².